The van der Waals surface area contributed by atoms with Crippen LogP contribution in [0.5, 0.6) is 0 Å². The Bertz CT molecular complexity index is 593. The minimum atomic E-state index is -0.394. The van der Waals surface area contributed by atoms with Crippen molar-refractivity contribution in [3.63, 3.8) is 0 Å². The molecule has 0 saturated heterocycles. The maximum Gasteiger partial charge on any atom is 0.142 e. The molecule has 0 radical (unpaired) electrons. The van der Waals surface area contributed by atoms with Crippen molar-refractivity contribution in [3.05, 3.63) is 52.1 Å². The van der Waals surface area contributed by atoms with Gasteiger partial charge in [0, 0.05) is 24.3 Å². The van der Waals surface area contributed by atoms with Crippen molar-refractivity contribution >= 4 is 11.6 Å². The molecular weight excluding hydrogens is 277 g/mol. The number of nitrogens with zero attached hydrogens (tertiary/aromatic N) is 2. The Labute approximate surface area is 123 Å². The van der Waals surface area contributed by atoms with Crippen LogP contribution in [0.15, 0.2) is 24.4 Å². The van der Waals surface area contributed by atoms with E-state index >= 15 is 0 Å². The molecule has 0 amide bonds. The number of halogens is 2. The monoisotopic (exact) mass is 295 g/mol. The Hall–Kier alpha value is -1.39. The van der Waals surface area contributed by atoms with Crippen molar-refractivity contribution in [2.45, 2.75) is 39.9 Å². The number of aromatic nitrogens is 2. The molecule has 0 atom stereocenters. The lowest BCUT2D eigenvalue weighted by molar-refractivity contribution is 0.587. The van der Waals surface area contributed by atoms with E-state index < -0.39 is 5.82 Å². The van der Waals surface area contributed by atoms with Gasteiger partial charge in [-0.25, -0.2) is 4.39 Å². The van der Waals surface area contributed by atoms with Gasteiger partial charge in [-0.3, -0.25) is 4.68 Å². The van der Waals surface area contributed by atoms with E-state index in [0.29, 0.717) is 12.6 Å². The Kier molecular flexibility index (Phi) is 4.78. The van der Waals surface area contributed by atoms with Gasteiger partial charge in [-0.05, 0) is 18.6 Å². The van der Waals surface area contributed by atoms with Gasteiger partial charge < -0.3 is 5.32 Å². The van der Waals surface area contributed by atoms with Gasteiger partial charge in [-0.15, -0.1) is 0 Å². The minimum absolute atomic E-state index is 0.169. The molecule has 2 rings (SSSR count). The normalized spacial score (nSPS) is 11.3. The van der Waals surface area contributed by atoms with E-state index in [4.69, 9.17) is 11.6 Å². The Morgan fingerprint density at radius 1 is 1.35 bits per heavy atom. The van der Waals surface area contributed by atoms with Crippen LogP contribution in [0.4, 0.5) is 4.39 Å². The number of rotatable bonds is 5. The van der Waals surface area contributed by atoms with Crippen LogP contribution in [-0.4, -0.2) is 15.8 Å². The van der Waals surface area contributed by atoms with Crippen molar-refractivity contribution in [2.75, 3.05) is 0 Å². The molecule has 2 aromatic rings. The summed E-state index contributed by atoms with van der Waals surface area (Å²) in [6.07, 6.45) is 1.98. The van der Waals surface area contributed by atoms with Gasteiger partial charge >= 0.3 is 0 Å². The Morgan fingerprint density at radius 2 is 2.10 bits per heavy atom. The number of nitrogens with one attached hydrogen (secondary N) is 1. The van der Waals surface area contributed by atoms with Gasteiger partial charge in [0.05, 0.1) is 17.3 Å². The van der Waals surface area contributed by atoms with Crippen LogP contribution >= 0.6 is 11.6 Å². The zero-order chi connectivity index (χ0) is 14.7. The van der Waals surface area contributed by atoms with E-state index in [2.05, 4.69) is 24.3 Å². The van der Waals surface area contributed by atoms with Crippen LogP contribution in [0.1, 0.15) is 30.7 Å². The lowest BCUT2D eigenvalue weighted by Crippen LogP contribution is -2.21. The van der Waals surface area contributed by atoms with Crippen molar-refractivity contribution in [1.29, 1.82) is 0 Å². The van der Waals surface area contributed by atoms with E-state index in [0.717, 1.165) is 23.4 Å². The van der Waals surface area contributed by atoms with Gasteiger partial charge in [0.25, 0.3) is 0 Å². The van der Waals surface area contributed by atoms with Crippen LogP contribution in [0.2, 0.25) is 5.02 Å². The van der Waals surface area contributed by atoms with E-state index in [-0.39, 0.29) is 5.02 Å². The van der Waals surface area contributed by atoms with Gasteiger partial charge in [0.2, 0.25) is 0 Å². The molecule has 1 aromatic carbocycles. The first-order valence-corrected chi connectivity index (χ1v) is 7.04. The molecular formula is C15H19ClFN3. The van der Waals surface area contributed by atoms with Crippen LogP contribution in [-0.2, 0) is 13.1 Å². The average Bonchev–Trinajstić information content (AvgIpc) is 2.73. The number of aryl methyl sites for hydroxylation is 1. The smallest absolute Gasteiger partial charge is 0.142 e. The zero-order valence-corrected chi connectivity index (χ0v) is 12.7. The molecule has 0 aliphatic rings. The van der Waals surface area contributed by atoms with Crippen molar-refractivity contribution < 1.29 is 4.39 Å². The SMILES string of the molecule is Cc1nn(Cc2cccc(F)c2Cl)cc1CNC(C)C. The van der Waals surface area contributed by atoms with E-state index in [1.165, 1.54) is 6.07 Å². The lowest BCUT2D eigenvalue weighted by Gasteiger charge is -2.06. The largest absolute Gasteiger partial charge is 0.310 e. The summed E-state index contributed by atoms with van der Waals surface area (Å²) in [4.78, 5) is 0. The second-order valence-corrected chi connectivity index (χ2v) is 5.56. The summed E-state index contributed by atoms with van der Waals surface area (Å²) < 4.78 is 15.2. The van der Waals surface area contributed by atoms with Crippen LogP contribution < -0.4 is 5.32 Å². The Balaban J connectivity index is 2.14. The first-order valence-electron chi connectivity index (χ1n) is 6.66. The molecule has 3 nitrogen and oxygen atoms in total. The van der Waals surface area contributed by atoms with E-state index in [9.17, 15) is 4.39 Å². The summed E-state index contributed by atoms with van der Waals surface area (Å²) in [6.45, 7) is 7.43. The summed E-state index contributed by atoms with van der Waals surface area (Å²) >= 11 is 5.96. The molecule has 20 heavy (non-hydrogen) atoms. The summed E-state index contributed by atoms with van der Waals surface area (Å²) in [6, 6.07) is 5.26. The third-order valence-corrected chi connectivity index (χ3v) is 3.54. The standard InChI is InChI=1S/C15H19ClFN3/c1-10(2)18-7-13-9-20(19-11(13)3)8-12-5-4-6-14(17)15(12)16/h4-6,9-10,18H,7-8H2,1-3H3. The Morgan fingerprint density at radius 3 is 2.80 bits per heavy atom. The van der Waals surface area contributed by atoms with Crippen molar-refractivity contribution in [3.8, 4) is 0 Å². The molecule has 0 aliphatic carbocycles. The van der Waals surface area contributed by atoms with Gasteiger partial charge in [0.1, 0.15) is 5.82 Å². The third-order valence-electron chi connectivity index (χ3n) is 3.11. The summed E-state index contributed by atoms with van der Waals surface area (Å²) in [5.74, 6) is -0.394. The lowest BCUT2D eigenvalue weighted by atomic mass is 10.2. The topological polar surface area (TPSA) is 29.9 Å². The second-order valence-electron chi connectivity index (χ2n) is 5.19. The van der Waals surface area contributed by atoms with E-state index in [1.54, 1.807) is 10.7 Å². The van der Waals surface area contributed by atoms with Crippen LogP contribution in [0.3, 0.4) is 0 Å². The highest BCUT2D eigenvalue weighted by atomic mass is 35.5. The fraction of sp³-hybridized carbons (Fsp3) is 0.400. The van der Waals surface area contributed by atoms with Crippen molar-refractivity contribution in [1.82, 2.24) is 15.1 Å². The quantitative estimate of drug-likeness (QED) is 0.914. The van der Waals surface area contributed by atoms with Crippen molar-refractivity contribution in [2.24, 2.45) is 0 Å². The third kappa shape index (κ3) is 3.58. The second kappa shape index (κ2) is 6.37. The van der Waals surface area contributed by atoms with Gasteiger partial charge in [-0.1, -0.05) is 37.6 Å². The first-order chi connectivity index (χ1) is 9.47. The minimum Gasteiger partial charge on any atom is -0.310 e. The highest BCUT2D eigenvalue weighted by Crippen LogP contribution is 2.20. The number of hydrogen-bond donors (Lipinski definition) is 1. The summed E-state index contributed by atoms with van der Waals surface area (Å²) in [7, 11) is 0. The van der Waals surface area contributed by atoms with Crippen LogP contribution in [0.25, 0.3) is 0 Å². The molecule has 1 heterocycles. The highest BCUT2D eigenvalue weighted by molar-refractivity contribution is 6.31. The maximum absolute atomic E-state index is 13.4. The molecule has 0 unspecified atom stereocenters. The fourth-order valence-electron chi connectivity index (χ4n) is 1.97. The molecule has 0 fully saturated rings. The molecule has 0 bridgehead atoms. The molecule has 1 aromatic heterocycles. The predicted octanol–water partition coefficient (Wildman–Crippen LogP) is 3.53. The zero-order valence-electron chi connectivity index (χ0n) is 12.0. The summed E-state index contributed by atoms with van der Waals surface area (Å²) in [5, 5.41) is 7.98. The highest BCUT2D eigenvalue weighted by Gasteiger charge is 2.09. The van der Waals surface area contributed by atoms with Crippen LogP contribution in [0, 0.1) is 12.7 Å². The average molecular weight is 296 g/mol. The van der Waals surface area contributed by atoms with Gasteiger partial charge in [0.15, 0.2) is 0 Å². The molecule has 0 saturated carbocycles. The summed E-state index contributed by atoms with van der Waals surface area (Å²) in [5.41, 5.74) is 2.86. The fourth-order valence-corrected chi connectivity index (χ4v) is 2.16. The number of benzene rings is 1. The first kappa shape index (κ1) is 15.0. The van der Waals surface area contributed by atoms with Gasteiger partial charge in [-0.2, -0.15) is 5.10 Å². The molecule has 108 valence electrons. The molecule has 5 heteroatoms. The number of hydrogen-bond acceptors (Lipinski definition) is 2. The van der Waals surface area contributed by atoms with E-state index in [1.807, 2.05) is 19.2 Å². The maximum atomic E-state index is 13.4. The molecule has 0 aliphatic heterocycles. The molecule has 1 N–H and O–H groups in total. The predicted molar refractivity (Wildman–Crippen MR) is 79.5 cm³/mol. The molecule has 0 spiro atoms.